The van der Waals surface area contributed by atoms with Crippen LogP contribution in [-0.2, 0) is 0 Å². The van der Waals surface area contributed by atoms with Crippen molar-refractivity contribution in [1.29, 1.82) is 0 Å². The summed E-state index contributed by atoms with van der Waals surface area (Å²) in [7, 11) is 2.00. The molecule has 1 fully saturated rings. The molecule has 0 amide bonds. The third kappa shape index (κ3) is 2.64. The lowest BCUT2D eigenvalue weighted by Crippen LogP contribution is -2.20. The summed E-state index contributed by atoms with van der Waals surface area (Å²) in [6.45, 7) is 0.989. The van der Waals surface area contributed by atoms with E-state index < -0.39 is 5.97 Å². The normalized spacial score (nSPS) is 14.2. The number of oxazole rings is 1. The lowest BCUT2D eigenvalue weighted by Gasteiger charge is -2.17. The number of rotatable bonds is 5. The molecule has 0 atom stereocenters. The van der Waals surface area contributed by atoms with Crippen LogP contribution in [0.4, 0.5) is 5.82 Å². The van der Waals surface area contributed by atoms with E-state index in [1.54, 1.807) is 12.3 Å². The molecule has 2 aromatic rings. The molecular formula is C14H15N3O3. The average molecular weight is 273 g/mol. The zero-order valence-corrected chi connectivity index (χ0v) is 11.1. The van der Waals surface area contributed by atoms with Crippen molar-refractivity contribution in [2.45, 2.75) is 12.8 Å². The minimum Gasteiger partial charge on any atom is -0.476 e. The van der Waals surface area contributed by atoms with Crippen LogP contribution in [0.25, 0.3) is 11.5 Å². The van der Waals surface area contributed by atoms with E-state index in [0.29, 0.717) is 5.89 Å². The summed E-state index contributed by atoms with van der Waals surface area (Å²) in [4.78, 5) is 21.2. The second-order valence-electron chi connectivity index (χ2n) is 5.07. The molecule has 0 spiro atoms. The standard InChI is InChI=1S/C14H15N3O3/c1-17(7-9-2-3-9)12-6-10(4-5-15-12)13-16-11(8-20-13)14(18)19/h4-6,8-9H,2-3,7H2,1H3,(H,18,19). The molecule has 0 bridgehead atoms. The third-order valence-electron chi connectivity index (χ3n) is 3.34. The topological polar surface area (TPSA) is 79.5 Å². The van der Waals surface area contributed by atoms with Gasteiger partial charge in [0.2, 0.25) is 5.89 Å². The van der Waals surface area contributed by atoms with Gasteiger partial charge in [-0.1, -0.05) is 0 Å². The molecule has 20 heavy (non-hydrogen) atoms. The van der Waals surface area contributed by atoms with Crippen LogP contribution in [0.15, 0.2) is 29.0 Å². The Labute approximate surface area is 116 Å². The zero-order valence-electron chi connectivity index (χ0n) is 11.1. The number of aromatic carboxylic acids is 1. The molecule has 2 heterocycles. The minimum absolute atomic E-state index is 0.0929. The predicted octanol–water partition coefficient (Wildman–Crippen LogP) is 2.28. The number of hydrogen-bond donors (Lipinski definition) is 1. The maximum absolute atomic E-state index is 10.8. The quantitative estimate of drug-likeness (QED) is 0.900. The van der Waals surface area contributed by atoms with Crippen LogP contribution in [0.2, 0.25) is 0 Å². The fraction of sp³-hybridized carbons (Fsp3) is 0.357. The second kappa shape index (κ2) is 4.96. The summed E-state index contributed by atoms with van der Waals surface area (Å²) in [6.07, 6.45) is 5.39. The fourth-order valence-electron chi connectivity index (χ4n) is 2.05. The number of carboxylic acids is 1. The first-order valence-corrected chi connectivity index (χ1v) is 6.50. The molecule has 1 aliphatic rings. The molecule has 6 heteroatoms. The summed E-state index contributed by atoms with van der Waals surface area (Å²) in [5, 5.41) is 8.85. The van der Waals surface area contributed by atoms with Gasteiger partial charge in [0.25, 0.3) is 0 Å². The Morgan fingerprint density at radius 3 is 3.00 bits per heavy atom. The third-order valence-corrected chi connectivity index (χ3v) is 3.34. The van der Waals surface area contributed by atoms with Gasteiger partial charge in [0.1, 0.15) is 12.1 Å². The molecule has 1 saturated carbocycles. The first-order chi connectivity index (χ1) is 9.63. The van der Waals surface area contributed by atoms with Crippen molar-refractivity contribution in [2.24, 2.45) is 5.92 Å². The summed E-state index contributed by atoms with van der Waals surface area (Å²) < 4.78 is 5.20. The number of hydrogen-bond acceptors (Lipinski definition) is 5. The van der Waals surface area contributed by atoms with Crippen molar-refractivity contribution in [1.82, 2.24) is 9.97 Å². The Morgan fingerprint density at radius 1 is 1.55 bits per heavy atom. The van der Waals surface area contributed by atoms with E-state index in [4.69, 9.17) is 9.52 Å². The van der Waals surface area contributed by atoms with Crippen LogP contribution in [0.5, 0.6) is 0 Å². The molecule has 2 aromatic heterocycles. The summed E-state index contributed by atoms with van der Waals surface area (Å²) >= 11 is 0. The summed E-state index contributed by atoms with van der Waals surface area (Å²) in [5.74, 6) is 0.807. The molecule has 6 nitrogen and oxygen atoms in total. The zero-order chi connectivity index (χ0) is 14.1. The first-order valence-electron chi connectivity index (χ1n) is 6.50. The maximum atomic E-state index is 10.8. The lowest BCUT2D eigenvalue weighted by atomic mass is 10.2. The molecule has 0 aromatic carbocycles. The number of nitrogens with zero attached hydrogens (tertiary/aromatic N) is 3. The highest BCUT2D eigenvalue weighted by atomic mass is 16.4. The van der Waals surface area contributed by atoms with E-state index in [1.165, 1.54) is 12.8 Å². The van der Waals surface area contributed by atoms with Crippen LogP contribution in [0.1, 0.15) is 23.3 Å². The average Bonchev–Trinajstić information content (AvgIpc) is 3.11. The van der Waals surface area contributed by atoms with E-state index in [0.717, 1.165) is 30.1 Å². The molecule has 0 unspecified atom stereocenters. The molecule has 0 aliphatic heterocycles. The molecule has 0 radical (unpaired) electrons. The Morgan fingerprint density at radius 2 is 2.35 bits per heavy atom. The summed E-state index contributed by atoms with van der Waals surface area (Å²) in [5.41, 5.74) is 0.634. The first kappa shape index (κ1) is 12.7. The van der Waals surface area contributed by atoms with Gasteiger partial charge >= 0.3 is 5.97 Å². The van der Waals surface area contributed by atoms with Crippen molar-refractivity contribution in [3.05, 3.63) is 30.3 Å². The molecule has 0 saturated heterocycles. The Kier molecular flexibility index (Phi) is 3.14. The van der Waals surface area contributed by atoms with Crippen LogP contribution in [0.3, 0.4) is 0 Å². The van der Waals surface area contributed by atoms with Gasteiger partial charge in [-0.15, -0.1) is 0 Å². The molecule has 1 aliphatic carbocycles. The van der Waals surface area contributed by atoms with Crippen molar-refractivity contribution in [2.75, 3.05) is 18.5 Å². The highest BCUT2D eigenvalue weighted by molar-refractivity contribution is 5.85. The van der Waals surface area contributed by atoms with E-state index >= 15 is 0 Å². The smallest absolute Gasteiger partial charge is 0.357 e. The van der Waals surface area contributed by atoms with E-state index in [9.17, 15) is 4.79 Å². The molecule has 104 valence electrons. The van der Waals surface area contributed by atoms with Gasteiger partial charge in [0.15, 0.2) is 5.69 Å². The lowest BCUT2D eigenvalue weighted by molar-refractivity contribution is 0.0690. The largest absolute Gasteiger partial charge is 0.476 e. The highest BCUT2D eigenvalue weighted by Gasteiger charge is 2.23. The Hall–Kier alpha value is -2.37. The van der Waals surface area contributed by atoms with Crippen molar-refractivity contribution >= 4 is 11.8 Å². The minimum atomic E-state index is -1.10. The number of aromatic nitrogens is 2. The van der Waals surface area contributed by atoms with Gasteiger partial charge in [-0.25, -0.2) is 14.8 Å². The van der Waals surface area contributed by atoms with Gasteiger partial charge in [-0.2, -0.15) is 0 Å². The van der Waals surface area contributed by atoms with E-state index in [2.05, 4.69) is 14.9 Å². The van der Waals surface area contributed by atoms with Gasteiger partial charge in [0.05, 0.1) is 0 Å². The van der Waals surface area contributed by atoms with Gasteiger partial charge < -0.3 is 14.4 Å². The highest BCUT2D eigenvalue weighted by Crippen LogP contribution is 2.31. The molecular weight excluding hydrogens is 258 g/mol. The molecule has 3 rings (SSSR count). The maximum Gasteiger partial charge on any atom is 0.357 e. The number of pyridine rings is 1. The SMILES string of the molecule is CN(CC1CC1)c1cc(-c2nc(C(=O)O)co2)ccn1. The Bertz CT molecular complexity index is 634. The second-order valence-corrected chi connectivity index (χ2v) is 5.07. The van der Waals surface area contributed by atoms with Crippen molar-refractivity contribution < 1.29 is 14.3 Å². The van der Waals surface area contributed by atoms with Crippen molar-refractivity contribution in [3.8, 4) is 11.5 Å². The number of carboxylic acid groups (broad SMARTS) is 1. The van der Waals surface area contributed by atoms with Crippen molar-refractivity contribution in [3.63, 3.8) is 0 Å². The Balaban J connectivity index is 1.83. The summed E-state index contributed by atoms with van der Waals surface area (Å²) in [6, 6.07) is 3.62. The number of anilines is 1. The van der Waals surface area contributed by atoms with Gasteiger partial charge in [-0.3, -0.25) is 0 Å². The molecule has 1 N–H and O–H groups in total. The van der Waals surface area contributed by atoms with Crippen LogP contribution >= 0.6 is 0 Å². The van der Waals surface area contributed by atoms with Gasteiger partial charge in [0, 0.05) is 25.4 Å². The fourth-order valence-corrected chi connectivity index (χ4v) is 2.05. The van der Waals surface area contributed by atoms with E-state index in [-0.39, 0.29) is 5.69 Å². The van der Waals surface area contributed by atoms with E-state index in [1.807, 2.05) is 13.1 Å². The van der Waals surface area contributed by atoms with Crippen LogP contribution in [-0.4, -0.2) is 34.6 Å². The monoisotopic (exact) mass is 273 g/mol. The number of carbonyl (C=O) groups is 1. The predicted molar refractivity (Wildman–Crippen MR) is 72.7 cm³/mol. The van der Waals surface area contributed by atoms with Crippen LogP contribution in [0, 0.1) is 5.92 Å². The van der Waals surface area contributed by atoms with Gasteiger partial charge in [-0.05, 0) is 30.9 Å². The van der Waals surface area contributed by atoms with Crippen LogP contribution < -0.4 is 4.90 Å².